The molecular formula is C15H21N3. The van der Waals surface area contributed by atoms with E-state index in [1.807, 2.05) is 19.6 Å². The summed E-state index contributed by atoms with van der Waals surface area (Å²) in [5, 5.41) is 3.53. The van der Waals surface area contributed by atoms with E-state index in [0.29, 0.717) is 6.04 Å². The van der Waals surface area contributed by atoms with Crippen LogP contribution in [0.4, 0.5) is 0 Å². The van der Waals surface area contributed by atoms with Crippen molar-refractivity contribution < 1.29 is 0 Å². The highest BCUT2D eigenvalue weighted by molar-refractivity contribution is 5.24. The van der Waals surface area contributed by atoms with Crippen LogP contribution in [0.15, 0.2) is 36.8 Å². The largest absolute Gasteiger partial charge is 0.336 e. The molecule has 3 heteroatoms. The van der Waals surface area contributed by atoms with E-state index in [4.69, 9.17) is 0 Å². The number of nitrogens with zero attached hydrogens (tertiary/aromatic N) is 2. The standard InChI is InChI=1S/C15H21N3/c1-4-17-14(15-10-16-11-18(15)3)9-13-7-5-6-12(2)8-13/h5-8,10-11,14,17H,4,9H2,1-3H3. The van der Waals surface area contributed by atoms with E-state index >= 15 is 0 Å². The fraction of sp³-hybridized carbons (Fsp3) is 0.400. The third kappa shape index (κ3) is 2.99. The number of aromatic nitrogens is 2. The number of likely N-dealkylation sites (N-methyl/N-ethyl adjacent to an activating group) is 1. The molecule has 2 rings (SSSR count). The van der Waals surface area contributed by atoms with Crippen LogP contribution >= 0.6 is 0 Å². The van der Waals surface area contributed by atoms with Crippen molar-refractivity contribution in [2.24, 2.45) is 7.05 Å². The number of hydrogen-bond donors (Lipinski definition) is 1. The van der Waals surface area contributed by atoms with Crippen molar-refractivity contribution in [3.63, 3.8) is 0 Å². The molecule has 3 nitrogen and oxygen atoms in total. The summed E-state index contributed by atoms with van der Waals surface area (Å²) in [6, 6.07) is 9.02. The third-order valence-corrected chi connectivity index (χ3v) is 3.18. The van der Waals surface area contributed by atoms with Crippen molar-refractivity contribution in [1.29, 1.82) is 0 Å². The van der Waals surface area contributed by atoms with Gasteiger partial charge in [0.05, 0.1) is 18.1 Å². The highest BCUT2D eigenvalue weighted by Crippen LogP contribution is 2.18. The highest BCUT2D eigenvalue weighted by Gasteiger charge is 2.14. The Morgan fingerprint density at radius 2 is 2.22 bits per heavy atom. The van der Waals surface area contributed by atoms with Crippen LogP contribution in [0.25, 0.3) is 0 Å². The van der Waals surface area contributed by atoms with Crippen molar-refractivity contribution in [2.45, 2.75) is 26.3 Å². The lowest BCUT2D eigenvalue weighted by Gasteiger charge is -2.18. The van der Waals surface area contributed by atoms with Gasteiger partial charge in [0.2, 0.25) is 0 Å². The Morgan fingerprint density at radius 1 is 1.39 bits per heavy atom. The lowest BCUT2D eigenvalue weighted by Crippen LogP contribution is -2.24. The van der Waals surface area contributed by atoms with Gasteiger partial charge in [0.1, 0.15) is 0 Å². The van der Waals surface area contributed by atoms with Crippen LogP contribution < -0.4 is 5.32 Å². The van der Waals surface area contributed by atoms with Gasteiger partial charge in [0, 0.05) is 13.2 Å². The maximum Gasteiger partial charge on any atom is 0.0946 e. The summed E-state index contributed by atoms with van der Waals surface area (Å²) in [7, 11) is 2.04. The monoisotopic (exact) mass is 243 g/mol. The first-order valence-corrected chi connectivity index (χ1v) is 6.46. The Balaban J connectivity index is 2.19. The van der Waals surface area contributed by atoms with Gasteiger partial charge >= 0.3 is 0 Å². The molecule has 1 heterocycles. The lowest BCUT2D eigenvalue weighted by atomic mass is 10.0. The summed E-state index contributed by atoms with van der Waals surface area (Å²) in [5.74, 6) is 0. The van der Waals surface area contributed by atoms with Crippen LogP contribution in [0.1, 0.15) is 29.8 Å². The topological polar surface area (TPSA) is 29.9 Å². The summed E-state index contributed by atoms with van der Waals surface area (Å²) in [6.07, 6.45) is 4.80. The predicted molar refractivity (Wildman–Crippen MR) is 74.5 cm³/mol. The van der Waals surface area contributed by atoms with Gasteiger partial charge in [-0.2, -0.15) is 0 Å². The van der Waals surface area contributed by atoms with Gasteiger partial charge in [0.15, 0.2) is 0 Å². The zero-order valence-electron chi connectivity index (χ0n) is 11.4. The molecule has 18 heavy (non-hydrogen) atoms. The Bertz CT molecular complexity index is 502. The number of imidazole rings is 1. The normalized spacial score (nSPS) is 12.6. The van der Waals surface area contributed by atoms with Gasteiger partial charge < -0.3 is 9.88 Å². The van der Waals surface area contributed by atoms with Gasteiger partial charge in [-0.25, -0.2) is 4.98 Å². The minimum atomic E-state index is 0.323. The maximum absolute atomic E-state index is 4.21. The Morgan fingerprint density at radius 3 is 2.83 bits per heavy atom. The molecule has 0 bridgehead atoms. The first-order valence-electron chi connectivity index (χ1n) is 6.46. The van der Waals surface area contributed by atoms with Gasteiger partial charge in [-0.05, 0) is 25.5 Å². The molecular weight excluding hydrogens is 222 g/mol. The van der Waals surface area contributed by atoms with Crippen LogP contribution in [0.3, 0.4) is 0 Å². The van der Waals surface area contributed by atoms with Crippen LogP contribution in [0.2, 0.25) is 0 Å². The van der Waals surface area contributed by atoms with Crippen molar-refractivity contribution in [2.75, 3.05) is 6.54 Å². The number of rotatable bonds is 5. The predicted octanol–water partition coefficient (Wildman–Crippen LogP) is 2.62. The Labute approximate surface area is 109 Å². The second-order valence-electron chi connectivity index (χ2n) is 4.73. The number of nitrogens with one attached hydrogen (secondary N) is 1. The first-order chi connectivity index (χ1) is 8.70. The average molecular weight is 243 g/mol. The zero-order chi connectivity index (χ0) is 13.0. The zero-order valence-corrected chi connectivity index (χ0v) is 11.4. The summed E-state index contributed by atoms with van der Waals surface area (Å²) in [4.78, 5) is 4.21. The minimum absolute atomic E-state index is 0.323. The molecule has 96 valence electrons. The molecule has 1 N–H and O–H groups in total. The molecule has 1 aromatic heterocycles. The van der Waals surface area contributed by atoms with Crippen molar-refractivity contribution in [3.8, 4) is 0 Å². The van der Waals surface area contributed by atoms with E-state index in [1.165, 1.54) is 16.8 Å². The molecule has 2 aromatic rings. The van der Waals surface area contributed by atoms with E-state index in [0.717, 1.165) is 13.0 Å². The molecule has 1 aromatic carbocycles. The molecule has 0 aliphatic carbocycles. The summed E-state index contributed by atoms with van der Waals surface area (Å²) in [5.41, 5.74) is 3.91. The first kappa shape index (κ1) is 12.8. The molecule has 0 saturated heterocycles. The quantitative estimate of drug-likeness (QED) is 0.875. The van der Waals surface area contributed by atoms with Crippen molar-refractivity contribution in [1.82, 2.24) is 14.9 Å². The number of hydrogen-bond acceptors (Lipinski definition) is 2. The van der Waals surface area contributed by atoms with Crippen LogP contribution in [0.5, 0.6) is 0 Å². The summed E-state index contributed by atoms with van der Waals surface area (Å²) >= 11 is 0. The van der Waals surface area contributed by atoms with E-state index < -0.39 is 0 Å². The highest BCUT2D eigenvalue weighted by atomic mass is 15.1. The lowest BCUT2D eigenvalue weighted by molar-refractivity contribution is 0.520. The number of benzene rings is 1. The molecule has 1 unspecified atom stereocenters. The SMILES string of the molecule is CCNC(Cc1cccc(C)c1)c1cncn1C. The second kappa shape index (κ2) is 5.83. The molecule has 0 saturated carbocycles. The molecule has 0 radical (unpaired) electrons. The fourth-order valence-corrected chi connectivity index (χ4v) is 2.31. The van der Waals surface area contributed by atoms with Gasteiger partial charge in [0.25, 0.3) is 0 Å². The number of aryl methyl sites for hydroxylation is 2. The molecule has 0 aliphatic heterocycles. The van der Waals surface area contributed by atoms with Gasteiger partial charge in [-0.1, -0.05) is 36.8 Å². The van der Waals surface area contributed by atoms with E-state index in [-0.39, 0.29) is 0 Å². The van der Waals surface area contributed by atoms with Crippen molar-refractivity contribution in [3.05, 3.63) is 53.6 Å². The molecule has 0 fully saturated rings. The molecule has 0 aliphatic rings. The minimum Gasteiger partial charge on any atom is -0.336 e. The van der Waals surface area contributed by atoms with E-state index in [2.05, 4.69) is 53.0 Å². The average Bonchev–Trinajstić information content (AvgIpc) is 2.75. The van der Waals surface area contributed by atoms with Gasteiger partial charge in [-0.3, -0.25) is 0 Å². The fourth-order valence-electron chi connectivity index (χ4n) is 2.31. The third-order valence-electron chi connectivity index (χ3n) is 3.18. The Kier molecular flexibility index (Phi) is 4.15. The van der Waals surface area contributed by atoms with Crippen LogP contribution in [-0.2, 0) is 13.5 Å². The van der Waals surface area contributed by atoms with E-state index in [9.17, 15) is 0 Å². The second-order valence-corrected chi connectivity index (χ2v) is 4.73. The summed E-state index contributed by atoms with van der Waals surface area (Å²) < 4.78 is 2.09. The molecule has 1 atom stereocenters. The van der Waals surface area contributed by atoms with E-state index in [1.54, 1.807) is 0 Å². The Hall–Kier alpha value is -1.61. The maximum atomic E-state index is 4.21. The van der Waals surface area contributed by atoms with Crippen molar-refractivity contribution >= 4 is 0 Å². The smallest absolute Gasteiger partial charge is 0.0946 e. The summed E-state index contributed by atoms with van der Waals surface area (Å²) in [6.45, 7) is 5.23. The van der Waals surface area contributed by atoms with Crippen LogP contribution in [-0.4, -0.2) is 16.1 Å². The van der Waals surface area contributed by atoms with Gasteiger partial charge in [-0.15, -0.1) is 0 Å². The molecule has 0 amide bonds. The van der Waals surface area contributed by atoms with Crippen LogP contribution in [0, 0.1) is 6.92 Å². The molecule has 0 spiro atoms.